The Bertz CT molecular complexity index is 871. The van der Waals surface area contributed by atoms with E-state index in [1.54, 1.807) is 29.4 Å². The Balaban J connectivity index is 2.02. The second-order valence-corrected chi connectivity index (χ2v) is 7.00. The molecule has 0 aliphatic rings. The number of furan rings is 1. The molecule has 0 atom stereocenters. The van der Waals surface area contributed by atoms with Crippen molar-refractivity contribution >= 4 is 34.9 Å². The van der Waals surface area contributed by atoms with Gasteiger partial charge in [0.15, 0.2) is 0 Å². The molecule has 0 aromatic carbocycles. The molecule has 0 saturated carbocycles. The lowest BCUT2D eigenvalue weighted by Crippen LogP contribution is -2.12. The first-order valence-electron chi connectivity index (χ1n) is 7.04. The molecule has 0 amide bonds. The summed E-state index contributed by atoms with van der Waals surface area (Å²) in [5.74, 6) is 0.532. The molecule has 0 fully saturated rings. The summed E-state index contributed by atoms with van der Waals surface area (Å²) in [5.41, 5.74) is 1.40. The molecule has 24 heavy (non-hydrogen) atoms. The minimum atomic E-state index is -0.959. The maximum absolute atomic E-state index is 11.1. The highest BCUT2D eigenvalue weighted by atomic mass is 35.5. The van der Waals surface area contributed by atoms with Gasteiger partial charge in [-0.2, -0.15) is 0 Å². The van der Waals surface area contributed by atoms with E-state index in [9.17, 15) is 4.79 Å². The van der Waals surface area contributed by atoms with Gasteiger partial charge in [0.2, 0.25) is 5.95 Å². The lowest BCUT2D eigenvalue weighted by molar-refractivity contribution is -0.136. The summed E-state index contributed by atoms with van der Waals surface area (Å²) in [7, 11) is 3.71. The van der Waals surface area contributed by atoms with Crippen LogP contribution in [0, 0.1) is 0 Å². The third-order valence-electron chi connectivity index (χ3n) is 3.28. The SMILES string of the molecule is CN(C)c1ncc(-c2cc(-c3ccc(Cl)s3)c(CC(=O)O)o2)cn1. The predicted molar refractivity (Wildman–Crippen MR) is 93.7 cm³/mol. The second-order valence-electron chi connectivity index (χ2n) is 5.29. The van der Waals surface area contributed by atoms with E-state index < -0.39 is 5.97 Å². The van der Waals surface area contributed by atoms with Crippen molar-refractivity contribution in [2.24, 2.45) is 0 Å². The first-order chi connectivity index (χ1) is 11.4. The van der Waals surface area contributed by atoms with Crippen LogP contribution in [0.5, 0.6) is 0 Å². The van der Waals surface area contributed by atoms with Crippen molar-refractivity contribution in [1.29, 1.82) is 0 Å². The molecule has 6 nitrogen and oxygen atoms in total. The number of carboxylic acid groups (broad SMARTS) is 1. The van der Waals surface area contributed by atoms with E-state index in [4.69, 9.17) is 21.1 Å². The lowest BCUT2D eigenvalue weighted by atomic mass is 10.1. The van der Waals surface area contributed by atoms with Crippen LogP contribution in [0.1, 0.15) is 5.76 Å². The van der Waals surface area contributed by atoms with Gasteiger partial charge in [-0.15, -0.1) is 11.3 Å². The van der Waals surface area contributed by atoms with E-state index in [2.05, 4.69) is 9.97 Å². The second kappa shape index (κ2) is 6.62. The summed E-state index contributed by atoms with van der Waals surface area (Å²) >= 11 is 7.36. The minimum Gasteiger partial charge on any atom is -0.481 e. The maximum Gasteiger partial charge on any atom is 0.311 e. The number of carboxylic acids is 1. The van der Waals surface area contributed by atoms with E-state index in [0.29, 0.717) is 27.4 Å². The van der Waals surface area contributed by atoms with E-state index in [-0.39, 0.29) is 6.42 Å². The smallest absolute Gasteiger partial charge is 0.311 e. The van der Waals surface area contributed by atoms with Gasteiger partial charge in [-0.05, 0) is 18.2 Å². The first kappa shape index (κ1) is 16.5. The zero-order valence-corrected chi connectivity index (χ0v) is 14.6. The number of aliphatic carboxylic acids is 1. The topological polar surface area (TPSA) is 79.5 Å². The predicted octanol–water partition coefficient (Wildman–Crippen LogP) is 3.81. The van der Waals surface area contributed by atoms with Crippen LogP contribution in [-0.4, -0.2) is 35.1 Å². The highest BCUT2D eigenvalue weighted by Crippen LogP contribution is 2.37. The number of thiophene rings is 1. The number of hydrogen-bond donors (Lipinski definition) is 1. The fraction of sp³-hybridized carbons (Fsp3) is 0.188. The van der Waals surface area contributed by atoms with Gasteiger partial charge in [0.1, 0.15) is 17.9 Å². The van der Waals surface area contributed by atoms with Crippen LogP contribution in [0.2, 0.25) is 4.34 Å². The summed E-state index contributed by atoms with van der Waals surface area (Å²) in [6.45, 7) is 0. The van der Waals surface area contributed by atoms with Crippen LogP contribution in [0.25, 0.3) is 21.8 Å². The number of anilines is 1. The summed E-state index contributed by atoms with van der Waals surface area (Å²) in [6.07, 6.45) is 3.09. The molecular formula is C16H14ClN3O3S. The standard InChI is InChI=1S/C16H14ClN3O3S/c1-20(2)16-18-7-9(8-19-16)11-5-10(12(23-11)6-15(21)22)13-3-4-14(17)24-13/h3-5,7-8H,6H2,1-2H3,(H,21,22). The van der Waals surface area contributed by atoms with Crippen molar-refractivity contribution < 1.29 is 14.3 Å². The van der Waals surface area contributed by atoms with Gasteiger partial charge in [0, 0.05) is 36.9 Å². The number of aromatic nitrogens is 2. The fourth-order valence-corrected chi connectivity index (χ4v) is 3.26. The molecule has 0 radical (unpaired) electrons. The number of rotatable bonds is 5. The van der Waals surface area contributed by atoms with Crippen LogP contribution in [0.4, 0.5) is 5.95 Å². The highest BCUT2D eigenvalue weighted by molar-refractivity contribution is 7.19. The van der Waals surface area contributed by atoms with Crippen LogP contribution >= 0.6 is 22.9 Å². The Hall–Kier alpha value is -2.38. The number of nitrogens with zero attached hydrogens (tertiary/aromatic N) is 3. The van der Waals surface area contributed by atoms with E-state index in [1.807, 2.05) is 20.2 Å². The molecule has 3 rings (SSSR count). The zero-order valence-electron chi connectivity index (χ0n) is 13.0. The van der Waals surface area contributed by atoms with Crippen molar-refractivity contribution in [3.63, 3.8) is 0 Å². The van der Waals surface area contributed by atoms with Gasteiger partial charge in [-0.25, -0.2) is 9.97 Å². The first-order valence-corrected chi connectivity index (χ1v) is 8.23. The Morgan fingerprint density at radius 3 is 2.58 bits per heavy atom. The van der Waals surface area contributed by atoms with E-state index in [0.717, 1.165) is 10.4 Å². The van der Waals surface area contributed by atoms with Crippen molar-refractivity contribution in [3.8, 4) is 21.8 Å². The Morgan fingerprint density at radius 1 is 1.33 bits per heavy atom. The third kappa shape index (κ3) is 3.42. The van der Waals surface area contributed by atoms with Crippen molar-refractivity contribution in [1.82, 2.24) is 9.97 Å². The van der Waals surface area contributed by atoms with Crippen LogP contribution in [0.3, 0.4) is 0 Å². The molecule has 0 saturated heterocycles. The van der Waals surface area contributed by atoms with Gasteiger partial charge in [0.25, 0.3) is 0 Å². The van der Waals surface area contributed by atoms with Crippen molar-refractivity contribution in [2.75, 3.05) is 19.0 Å². The average Bonchev–Trinajstić information content (AvgIpc) is 3.13. The van der Waals surface area contributed by atoms with Crippen molar-refractivity contribution in [2.45, 2.75) is 6.42 Å². The summed E-state index contributed by atoms with van der Waals surface area (Å²) in [4.78, 5) is 22.3. The number of hydrogen-bond acceptors (Lipinski definition) is 6. The van der Waals surface area contributed by atoms with Gasteiger partial charge in [-0.3, -0.25) is 4.79 Å². The molecule has 8 heteroatoms. The van der Waals surface area contributed by atoms with Gasteiger partial charge < -0.3 is 14.4 Å². The average molecular weight is 364 g/mol. The summed E-state index contributed by atoms with van der Waals surface area (Å²) in [6, 6.07) is 5.42. The Morgan fingerprint density at radius 2 is 2.04 bits per heavy atom. The van der Waals surface area contributed by atoms with E-state index in [1.165, 1.54) is 11.3 Å². The third-order valence-corrected chi connectivity index (χ3v) is 4.55. The molecule has 0 spiro atoms. The van der Waals surface area contributed by atoms with Crippen LogP contribution in [-0.2, 0) is 11.2 Å². The van der Waals surface area contributed by atoms with Crippen LogP contribution < -0.4 is 4.90 Å². The maximum atomic E-state index is 11.1. The minimum absolute atomic E-state index is 0.207. The molecular weight excluding hydrogens is 350 g/mol. The molecule has 0 aliphatic heterocycles. The molecule has 0 bridgehead atoms. The zero-order chi connectivity index (χ0) is 17.3. The normalized spacial score (nSPS) is 10.8. The van der Waals surface area contributed by atoms with E-state index >= 15 is 0 Å². The monoisotopic (exact) mass is 363 g/mol. The number of halogens is 1. The molecule has 1 N–H and O–H groups in total. The molecule has 3 aromatic heterocycles. The largest absolute Gasteiger partial charge is 0.481 e. The highest BCUT2D eigenvalue weighted by Gasteiger charge is 2.18. The number of carbonyl (C=O) groups is 1. The summed E-state index contributed by atoms with van der Waals surface area (Å²) in [5, 5.41) is 9.11. The van der Waals surface area contributed by atoms with Gasteiger partial charge >= 0.3 is 5.97 Å². The molecule has 0 unspecified atom stereocenters. The van der Waals surface area contributed by atoms with Gasteiger partial charge in [0.05, 0.1) is 9.90 Å². The molecule has 124 valence electrons. The Kier molecular flexibility index (Phi) is 4.55. The summed E-state index contributed by atoms with van der Waals surface area (Å²) < 4.78 is 6.40. The quantitative estimate of drug-likeness (QED) is 0.742. The van der Waals surface area contributed by atoms with Crippen LogP contribution in [0.15, 0.2) is 35.0 Å². The Labute approximate surface area is 147 Å². The fourth-order valence-electron chi connectivity index (χ4n) is 2.19. The van der Waals surface area contributed by atoms with Gasteiger partial charge in [-0.1, -0.05) is 11.6 Å². The molecule has 3 aromatic rings. The molecule has 0 aliphatic carbocycles. The molecule has 3 heterocycles. The lowest BCUT2D eigenvalue weighted by Gasteiger charge is -2.08. The van der Waals surface area contributed by atoms with Crippen molar-refractivity contribution in [3.05, 3.63) is 40.7 Å².